The molecule has 0 bridgehead atoms. The zero-order valence-electron chi connectivity index (χ0n) is 17.5. The molecule has 0 aromatic heterocycles. The minimum absolute atomic E-state index is 0.179. The van der Waals surface area contributed by atoms with Crippen LogP contribution in [0.4, 0.5) is 10.5 Å². The van der Waals surface area contributed by atoms with Gasteiger partial charge in [0.15, 0.2) is 0 Å². The molecule has 1 N–H and O–H groups in total. The number of benzene rings is 3. The minimum Gasteiger partial charge on any atom is -0.489 e. The first-order chi connectivity index (χ1) is 15.8. The maximum Gasteiger partial charge on any atom is 0.335 e. The van der Waals surface area contributed by atoms with E-state index in [1.54, 1.807) is 55.5 Å². The Balaban J connectivity index is 1.58. The number of amides is 4. The average molecular weight is 481 g/mol. The molecule has 3 aromatic rings. The fourth-order valence-corrected chi connectivity index (χ4v) is 3.52. The molecular formula is C25H18Cl2N2O4. The molecular weight excluding hydrogens is 463 g/mol. The fraction of sp³-hybridized carbons (Fsp3) is 0.0800. The fourth-order valence-electron chi connectivity index (χ4n) is 3.22. The van der Waals surface area contributed by atoms with Gasteiger partial charge in [-0.15, -0.1) is 0 Å². The third-order valence-corrected chi connectivity index (χ3v) is 5.66. The molecule has 0 radical (unpaired) electrons. The Bertz CT molecular complexity index is 1290. The zero-order valence-corrected chi connectivity index (χ0v) is 19.0. The van der Waals surface area contributed by atoms with Crippen LogP contribution in [0, 0.1) is 6.92 Å². The molecule has 1 fully saturated rings. The van der Waals surface area contributed by atoms with Crippen molar-refractivity contribution in [3.8, 4) is 5.75 Å². The summed E-state index contributed by atoms with van der Waals surface area (Å²) in [7, 11) is 0. The van der Waals surface area contributed by atoms with Crippen LogP contribution in [0.25, 0.3) is 6.08 Å². The van der Waals surface area contributed by atoms with E-state index in [2.05, 4.69) is 5.32 Å². The molecule has 4 amide bonds. The molecule has 0 aliphatic carbocycles. The predicted octanol–water partition coefficient (Wildman–Crippen LogP) is 5.55. The maximum atomic E-state index is 13.1. The number of nitrogens with one attached hydrogen (secondary N) is 1. The van der Waals surface area contributed by atoms with E-state index in [4.69, 9.17) is 27.9 Å². The smallest absolute Gasteiger partial charge is 0.335 e. The van der Waals surface area contributed by atoms with Crippen molar-refractivity contribution in [2.45, 2.75) is 13.5 Å². The molecule has 4 rings (SSSR count). The lowest BCUT2D eigenvalue weighted by molar-refractivity contribution is -0.122. The van der Waals surface area contributed by atoms with Gasteiger partial charge >= 0.3 is 6.03 Å². The van der Waals surface area contributed by atoms with Crippen molar-refractivity contribution in [1.29, 1.82) is 0 Å². The van der Waals surface area contributed by atoms with Crippen molar-refractivity contribution < 1.29 is 19.1 Å². The van der Waals surface area contributed by atoms with Crippen molar-refractivity contribution >= 4 is 52.8 Å². The highest BCUT2D eigenvalue weighted by atomic mass is 35.5. The average Bonchev–Trinajstić information content (AvgIpc) is 2.79. The highest BCUT2D eigenvalue weighted by molar-refractivity contribution is 6.39. The number of urea groups is 1. The van der Waals surface area contributed by atoms with Gasteiger partial charge in [0.25, 0.3) is 11.8 Å². The summed E-state index contributed by atoms with van der Waals surface area (Å²) in [5, 5.41) is 3.25. The number of carbonyl (C=O) groups is 3. The van der Waals surface area contributed by atoms with Crippen LogP contribution in [0.3, 0.4) is 0 Å². The maximum absolute atomic E-state index is 13.1. The second kappa shape index (κ2) is 9.48. The van der Waals surface area contributed by atoms with Gasteiger partial charge in [0.2, 0.25) is 0 Å². The van der Waals surface area contributed by atoms with Crippen LogP contribution in [0.2, 0.25) is 10.0 Å². The highest BCUT2D eigenvalue weighted by Gasteiger charge is 2.37. The Kier molecular flexibility index (Phi) is 6.49. The van der Waals surface area contributed by atoms with E-state index < -0.39 is 17.8 Å². The third-order valence-electron chi connectivity index (χ3n) is 5.00. The number of anilines is 1. The summed E-state index contributed by atoms with van der Waals surface area (Å²) >= 11 is 12.1. The monoisotopic (exact) mass is 480 g/mol. The van der Waals surface area contributed by atoms with Gasteiger partial charge in [-0.1, -0.05) is 53.5 Å². The summed E-state index contributed by atoms with van der Waals surface area (Å²) in [5.74, 6) is -0.954. The lowest BCUT2D eigenvalue weighted by atomic mass is 10.1. The Labute approximate surface area is 200 Å². The van der Waals surface area contributed by atoms with E-state index in [-0.39, 0.29) is 11.3 Å². The number of nitrogens with zero attached hydrogens (tertiary/aromatic N) is 1. The Morgan fingerprint density at radius 2 is 1.73 bits per heavy atom. The molecule has 1 aliphatic heterocycles. The van der Waals surface area contributed by atoms with Gasteiger partial charge in [-0.25, -0.2) is 9.69 Å². The van der Waals surface area contributed by atoms with Crippen LogP contribution in [0.15, 0.2) is 72.3 Å². The molecule has 0 atom stereocenters. The van der Waals surface area contributed by atoms with Crippen molar-refractivity contribution in [3.63, 3.8) is 0 Å². The number of rotatable bonds is 5. The molecule has 3 aromatic carbocycles. The standard InChI is InChI=1S/C25H18Cl2N2O4/c1-15-5-10-19(13-22(15)27)29-24(31)21(23(30)28-25(29)32)12-17-3-2-4-20(11-17)33-14-16-6-8-18(26)9-7-16/h2-13H,14H2,1H3,(H,28,30,32)/b21-12+. The van der Waals surface area contributed by atoms with Gasteiger partial charge in [-0.2, -0.15) is 0 Å². The molecule has 166 valence electrons. The summed E-state index contributed by atoms with van der Waals surface area (Å²) < 4.78 is 5.81. The van der Waals surface area contributed by atoms with Crippen molar-refractivity contribution in [1.82, 2.24) is 5.32 Å². The van der Waals surface area contributed by atoms with Crippen LogP contribution < -0.4 is 15.0 Å². The van der Waals surface area contributed by atoms with Crippen LogP contribution in [-0.2, 0) is 16.2 Å². The number of aryl methyl sites for hydroxylation is 1. The van der Waals surface area contributed by atoms with Gasteiger partial charge in [0.1, 0.15) is 17.9 Å². The van der Waals surface area contributed by atoms with E-state index in [0.717, 1.165) is 16.0 Å². The Morgan fingerprint density at radius 1 is 0.970 bits per heavy atom. The number of hydrogen-bond donors (Lipinski definition) is 1. The van der Waals surface area contributed by atoms with Crippen LogP contribution in [-0.4, -0.2) is 17.8 Å². The first kappa shape index (κ1) is 22.6. The first-order valence-corrected chi connectivity index (χ1v) is 10.7. The molecule has 0 unspecified atom stereocenters. The van der Waals surface area contributed by atoms with Crippen LogP contribution in [0.5, 0.6) is 5.75 Å². The topological polar surface area (TPSA) is 75.7 Å². The summed E-state index contributed by atoms with van der Waals surface area (Å²) in [6, 6.07) is 18.2. The summed E-state index contributed by atoms with van der Waals surface area (Å²) in [5.41, 5.74) is 2.40. The normalized spacial score (nSPS) is 15.1. The van der Waals surface area contributed by atoms with Gasteiger partial charge in [0, 0.05) is 10.0 Å². The predicted molar refractivity (Wildman–Crippen MR) is 127 cm³/mol. The molecule has 1 aliphatic rings. The quantitative estimate of drug-likeness (QED) is 0.383. The van der Waals surface area contributed by atoms with E-state index in [9.17, 15) is 14.4 Å². The second-order valence-corrected chi connectivity index (χ2v) is 8.22. The molecule has 0 spiro atoms. The summed E-state index contributed by atoms with van der Waals surface area (Å²) in [4.78, 5) is 38.8. The van der Waals surface area contributed by atoms with Crippen molar-refractivity contribution in [3.05, 3.63) is 99.0 Å². The molecule has 8 heteroatoms. The largest absolute Gasteiger partial charge is 0.489 e. The third kappa shape index (κ3) is 5.08. The van der Waals surface area contributed by atoms with E-state index >= 15 is 0 Å². The lowest BCUT2D eigenvalue weighted by Crippen LogP contribution is -2.54. The molecule has 33 heavy (non-hydrogen) atoms. The number of ether oxygens (including phenoxy) is 1. The minimum atomic E-state index is -0.831. The van der Waals surface area contributed by atoms with E-state index in [1.165, 1.54) is 12.1 Å². The molecule has 1 heterocycles. The number of barbiturate groups is 1. The van der Waals surface area contributed by atoms with Gasteiger partial charge in [-0.05, 0) is 66.1 Å². The van der Waals surface area contributed by atoms with Crippen molar-refractivity contribution in [2.24, 2.45) is 0 Å². The van der Waals surface area contributed by atoms with Gasteiger partial charge in [0.05, 0.1) is 5.69 Å². The number of halogens is 2. The number of hydrogen-bond acceptors (Lipinski definition) is 4. The summed E-state index contributed by atoms with van der Waals surface area (Å²) in [6.07, 6.45) is 1.42. The first-order valence-electron chi connectivity index (χ1n) is 9.97. The van der Waals surface area contributed by atoms with Crippen LogP contribution >= 0.6 is 23.2 Å². The second-order valence-electron chi connectivity index (χ2n) is 7.38. The zero-order chi connectivity index (χ0) is 23.5. The Morgan fingerprint density at radius 3 is 2.45 bits per heavy atom. The molecule has 0 saturated carbocycles. The van der Waals surface area contributed by atoms with Crippen LogP contribution in [0.1, 0.15) is 16.7 Å². The van der Waals surface area contributed by atoms with Crippen molar-refractivity contribution in [2.75, 3.05) is 4.90 Å². The van der Waals surface area contributed by atoms with Gasteiger partial charge in [-0.3, -0.25) is 14.9 Å². The number of imide groups is 2. The molecule has 6 nitrogen and oxygen atoms in total. The van der Waals surface area contributed by atoms with Gasteiger partial charge < -0.3 is 4.74 Å². The highest BCUT2D eigenvalue weighted by Crippen LogP contribution is 2.27. The lowest BCUT2D eigenvalue weighted by Gasteiger charge is -2.26. The Hall–Kier alpha value is -3.61. The SMILES string of the molecule is Cc1ccc(N2C(=O)NC(=O)/C(=C\c3cccc(OCc4ccc(Cl)cc4)c3)C2=O)cc1Cl. The van der Waals surface area contributed by atoms with E-state index in [0.29, 0.717) is 28.0 Å². The number of carbonyl (C=O) groups excluding carboxylic acids is 3. The van der Waals surface area contributed by atoms with E-state index in [1.807, 2.05) is 12.1 Å². The summed E-state index contributed by atoms with van der Waals surface area (Å²) in [6.45, 7) is 2.13. The molecule has 1 saturated heterocycles.